The van der Waals surface area contributed by atoms with E-state index in [2.05, 4.69) is 5.32 Å². The minimum absolute atomic E-state index is 0.123. The fourth-order valence-electron chi connectivity index (χ4n) is 1.35. The van der Waals surface area contributed by atoms with Gasteiger partial charge in [-0.05, 0) is 57.2 Å². The third-order valence-electron chi connectivity index (χ3n) is 3.42. The van der Waals surface area contributed by atoms with E-state index >= 15 is 0 Å². The summed E-state index contributed by atoms with van der Waals surface area (Å²) in [6.07, 6.45) is 0. The summed E-state index contributed by atoms with van der Waals surface area (Å²) >= 11 is -0.123. The van der Waals surface area contributed by atoms with Crippen LogP contribution < -0.4 is 5.32 Å². The quantitative estimate of drug-likeness (QED) is 0.808. The first-order valence-electron chi connectivity index (χ1n) is 6.23. The monoisotopic (exact) mass is 307 g/mol. The molecule has 0 aliphatic heterocycles. The van der Waals surface area contributed by atoms with Gasteiger partial charge in [0.2, 0.25) is 0 Å². The average molecular weight is 307 g/mol. The second kappa shape index (κ2) is 5.95. The molecular formula is C14H20F3NOS. The molecule has 0 fully saturated rings. The van der Waals surface area contributed by atoms with Crippen molar-refractivity contribution in [3.8, 4) is 0 Å². The fourth-order valence-corrected chi connectivity index (χ4v) is 1.89. The molecule has 0 heterocycles. The number of benzene rings is 1. The molecule has 20 heavy (non-hydrogen) atoms. The van der Waals surface area contributed by atoms with Crippen LogP contribution in [0.2, 0.25) is 0 Å². The van der Waals surface area contributed by atoms with Crippen LogP contribution in [0, 0.1) is 0 Å². The Bertz CT molecular complexity index is 435. The van der Waals surface area contributed by atoms with Gasteiger partial charge < -0.3 is 10.4 Å². The molecule has 0 spiro atoms. The molecule has 0 atom stereocenters. The van der Waals surface area contributed by atoms with E-state index in [1.54, 1.807) is 26.0 Å². The van der Waals surface area contributed by atoms with E-state index in [4.69, 9.17) is 0 Å². The summed E-state index contributed by atoms with van der Waals surface area (Å²) in [4.78, 5) is 0.169. The minimum Gasteiger partial charge on any atom is -0.389 e. The van der Waals surface area contributed by atoms with Crippen molar-refractivity contribution in [3.05, 3.63) is 29.8 Å². The van der Waals surface area contributed by atoms with E-state index in [1.165, 1.54) is 12.1 Å². The number of hydrogen-bond acceptors (Lipinski definition) is 3. The number of hydrogen-bond donors (Lipinski definition) is 2. The molecule has 0 aliphatic rings. The Morgan fingerprint density at radius 1 is 1.05 bits per heavy atom. The molecule has 6 heteroatoms. The predicted octanol–water partition coefficient (Wildman–Crippen LogP) is 3.94. The lowest BCUT2D eigenvalue weighted by atomic mass is 9.86. The lowest BCUT2D eigenvalue weighted by Crippen LogP contribution is -2.55. The standard InChI is InChI=1S/C14H20F3NOS/c1-12(2,13(3,4)19)18-9-10-5-7-11(8-6-10)20-14(15,16)17/h5-8,18-19H,9H2,1-4H3. The van der Waals surface area contributed by atoms with Crippen LogP contribution in [0.15, 0.2) is 29.2 Å². The Hall–Kier alpha value is -0.720. The van der Waals surface area contributed by atoms with Crippen LogP contribution in [0.3, 0.4) is 0 Å². The van der Waals surface area contributed by atoms with Crippen molar-refractivity contribution in [1.82, 2.24) is 5.32 Å². The first-order valence-corrected chi connectivity index (χ1v) is 7.04. The van der Waals surface area contributed by atoms with Gasteiger partial charge in [-0.15, -0.1) is 0 Å². The number of rotatable bonds is 5. The smallest absolute Gasteiger partial charge is 0.389 e. The first-order chi connectivity index (χ1) is 8.91. The van der Waals surface area contributed by atoms with Gasteiger partial charge >= 0.3 is 5.51 Å². The van der Waals surface area contributed by atoms with Gasteiger partial charge in [0.05, 0.1) is 5.60 Å². The molecule has 0 unspecified atom stereocenters. The summed E-state index contributed by atoms with van der Waals surface area (Å²) < 4.78 is 36.6. The maximum absolute atomic E-state index is 12.2. The number of nitrogens with one attached hydrogen (secondary N) is 1. The molecule has 2 nitrogen and oxygen atoms in total. The van der Waals surface area contributed by atoms with E-state index in [1.807, 2.05) is 13.8 Å². The second-order valence-electron chi connectivity index (χ2n) is 5.73. The SMILES string of the molecule is CC(C)(O)C(C)(C)NCc1ccc(SC(F)(F)F)cc1. The van der Waals surface area contributed by atoms with Crippen molar-refractivity contribution in [1.29, 1.82) is 0 Å². The summed E-state index contributed by atoms with van der Waals surface area (Å²) in [6.45, 7) is 7.65. The van der Waals surface area contributed by atoms with Crippen LogP contribution in [0.25, 0.3) is 0 Å². The number of alkyl halides is 3. The minimum atomic E-state index is -4.26. The number of aliphatic hydroxyl groups is 1. The normalized spacial score (nSPS) is 13.6. The molecular weight excluding hydrogens is 287 g/mol. The Balaban J connectivity index is 2.63. The highest BCUT2D eigenvalue weighted by Crippen LogP contribution is 2.36. The summed E-state index contributed by atoms with van der Waals surface area (Å²) in [5.41, 5.74) is -4.80. The van der Waals surface area contributed by atoms with Crippen molar-refractivity contribution in [2.24, 2.45) is 0 Å². The summed E-state index contributed by atoms with van der Waals surface area (Å²) in [6, 6.07) is 6.21. The van der Waals surface area contributed by atoms with Crippen LogP contribution in [0.4, 0.5) is 13.2 Å². The van der Waals surface area contributed by atoms with E-state index < -0.39 is 16.6 Å². The first kappa shape index (κ1) is 17.3. The zero-order chi connectivity index (χ0) is 15.6. The lowest BCUT2D eigenvalue weighted by molar-refractivity contribution is -0.0328. The Morgan fingerprint density at radius 2 is 1.55 bits per heavy atom. The highest BCUT2D eigenvalue weighted by molar-refractivity contribution is 8.00. The van der Waals surface area contributed by atoms with Crippen molar-refractivity contribution < 1.29 is 18.3 Å². The van der Waals surface area contributed by atoms with Crippen molar-refractivity contribution in [2.45, 2.75) is 55.8 Å². The Labute approximate surface area is 121 Å². The summed E-state index contributed by atoms with van der Waals surface area (Å²) in [5.74, 6) is 0. The fraction of sp³-hybridized carbons (Fsp3) is 0.571. The molecule has 1 rings (SSSR count). The number of halogens is 3. The van der Waals surface area contributed by atoms with Crippen LogP contribution in [-0.4, -0.2) is 21.8 Å². The molecule has 0 saturated heterocycles. The largest absolute Gasteiger partial charge is 0.446 e. The average Bonchev–Trinajstić information content (AvgIpc) is 2.24. The third-order valence-corrected chi connectivity index (χ3v) is 4.16. The van der Waals surface area contributed by atoms with Gasteiger partial charge in [-0.1, -0.05) is 12.1 Å². The molecule has 2 N–H and O–H groups in total. The lowest BCUT2D eigenvalue weighted by Gasteiger charge is -2.38. The van der Waals surface area contributed by atoms with Crippen LogP contribution in [0.1, 0.15) is 33.3 Å². The van der Waals surface area contributed by atoms with Crippen molar-refractivity contribution in [3.63, 3.8) is 0 Å². The van der Waals surface area contributed by atoms with Crippen molar-refractivity contribution >= 4 is 11.8 Å². The Morgan fingerprint density at radius 3 is 1.95 bits per heavy atom. The van der Waals surface area contributed by atoms with Gasteiger partial charge in [0.15, 0.2) is 0 Å². The van der Waals surface area contributed by atoms with Crippen LogP contribution in [0.5, 0.6) is 0 Å². The molecule has 114 valence electrons. The summed E-state index contributed by atoms with van der Waals surface area (Å²) in [7, 11) is 0. The van der Waals surface area contributed by atoms with Crippen LogP contribution in [-0.2, 0) is 6.54 Å². The molecule has 1 aromatic carbocycles. The topological polar surface area (TPSA) is 32.3 Å². The molecule has 0 bridgehead atoms. The van der Waals surface area contributed by atoms with Crippen molar-refractivity contribution in [2.75, 3.05) is 0 Å². The highest BCUT2D eigenvalue weighted by Gasteiger charge is 2.34. The third kappa shape index (κ3) is 5.34. The van der Waals surface area contributed by atoms with E-state index in [0.717, 1.165) is 5.56 Å². The maximum atomic E-state index is 12.2. The van der Waals surface area contributed by atoms with Gasteiger partial charge in [0.25, 0.3) is 0 Å². The van der Waals surface area contributed by atoms with Crippen LogP contribution >= 0.6 is 11.8 Å². The zero-order valence-corrected chi connectivity index (χ0v) is 12.8. The number of thioether (sulfide) groups is 1. The second-order valence-corrected chi connectivity index (χ2v) is 6.87. The van der Waals surface area contributed by atoms with Gasteiger partial charge in [-0.25, -0.2) is 0 Å². The van der Waals surface area contributed by atoms with Gasteiger partial charge in [0, 0.05) is 17.0 Å². The molecule has 1 aromatic rings. The van der Waals surface area contributed by atoms with E-state index in [-0.39, 0.29) is 16.7 Å². The predicted molar refractivity (Wildman–Crippen MR) is 75.6 cm³/mol. The molecule has 0 amide bonds. The zero-order valence-electron chi connectivity index (χ0n) is 12.0. The molecule has 0 aliphatic carbocycles. The van der Waals surface area contributed by atoms with E-state index in [0.29, 0.717) is 6.54 Å². The summed E-state index contributed by atoms with van der Waals surface area (Å²) in [5, 5.41) is 13.2. The molecule has 0 saturated carbocycles. The van der Waals surface area contributed by atoms with E-state index in [9.17, 15) is 18.3 Å². The van der Waals surface area contributed by atoms with Gasteiger partial charge in [0.1, 0.15) is 0 Å². The van der Waals surface area contributed by atoms with Gasteiger partial charge in [-0.3, -0.25) is 0 Å². The molecule has 0 radical (unpaired) electrons. The Kier molecular flexibility index (Phi) is 5.16. The molecule has 0 aromatic heterocycles. The van der Waals surface area contributed by atoms with Gasteiger partial charge in [-0.2, -0.15) is 13.2 Å². The maximum Gasteiger partial charge on any atom is 0.446 e. The highest BCUT2D eigenvalue weighted by atomic mass is 32.2.